The zero-order chi connectivity index (χ0) is 7.15. The second-order valence-electron chi connectivity index (χ2n) is 0.405. The topological polar surface area (TPSA) is 130 Å². The molecule has 6 nitrogen and oxygen atoms in total. The van der Waals surface area contributed by atoms with Crippen LogP contribution in [0, 0.1) is 14.8 Å². The van der Waals surface area contributed by atoms with Crippen LogP contribution in [0.3, 0.4) is 0 Å². The molecule has 0 saturated carbocycles. The molecule has 0 fully saturated rings. The first-order chi connectivity index (χ1) is 3.46. The number of rotatable bonds is 0. The van der Waals surface area contributed by atoms with Crippen LogP contribution < -0.4 is 67.5 Å². The maximum absolute atomic E-state index is 8.63. The fourth-order valence-corrected chi connectivity index (χ4v) is 0. The molecule has 0 aliphatic heterocycles. The number of hydrogen-bond acceptors (Lipinski definition) is 6. The molecular formula is HBrNa2O6S. The molecule has 0 aromatic carbocycles. The van der Waals surface area contributed by atoms with Crippen molar-refractivity contribution >= 4 is 11.4 Å². The standard InChI is InChI=1S/BrHO3.2Na.H2O3S/c2-1(3)4;;;1-4(2)3/h2H;;;(H2,1,2,3)/q;2*+1;/p-2. The quantitative estimate of drug-likeness (QED) is 0.338. The minimum absolute atomic E-state index is 0. The minimum atomic E-state index is -3.40. The monoisotopic (exact) mass is 254 g/mol. The van der Waals surface area contributed by atoms with Gasteiger partial charge in [0, 0.05) is 0 Å². The third-order valence-electron chi connectivity index (χ3n) is 0. The number of hydrogen-bond donors (Lipinski definition) is 1. The van der Waals surface area contributed by atoms with E-state index in [0.717, 1.165) is 0 Å². The third-order valence-corrected chi connectivity index (χ3v) is 0. The molecule has 0 unspecified atom stereocenters. The van der Waals surface area contributed by atoms with Gasteiger partial charge in [0.15, 0.2) is 0 Å². The molecule has 10 heteroatoms. The summed E-state index contributed by atoms with van der Waals surface area (Å²) in [6, 6.07) is 0. The summed E-state index contributed by atoms with van der Waals surface area (Å²) in [6.45, 7) is 0. The Labute approximate surface area is 110 Å². The van der Waals surface area contributed by atoms with Gasteiger partial charge in [-0.3, -0.25) is 4.21 Å². The molecule has 0 heterocycles. The minimum Gasteiger partial charge on any atom is -0.784 e. The van der Waals surface area contributed by atoms with E-state index < -0.39 is 26.2 Å². The van der Waals surface area contributed by atoms with Gasteiger partial charge in [-0.05, 0) is 4.20 Å². The fourth-order valence-electron chi connectivity index (χ4n) is 0. The second-order valence-corrected chi connectivity index (χ2v) is 1.66. The molecule has 0 aromatic rings. The third kappa shape index (κ3) is 157. The summed E-state index contributed by atoms with van der Waals surface area (Å²) >= 11 is -6.51. The Bertz CT molecular complexity index is 60.0. The van der Waals surface area contributed by atoms with Gasteiger partial charge in [0.05, 0.1) is 0 Å². The maximum atomic E-state index is 8.63. The smallest absolute Gasteiger partial charge is 0.784 e. The zero-order valence-electron chi connectivity index (χ0n) is 5.27. The Morgan fingerprint density at radius 2 is 1.20 bits per heavy atom. The Kier molecular flexibility index (Phi) is 40.0. The average Bonchev–Trinajstić information content (AvgIpc) is 1.25. The molecule has 0 atom stereocenters. The Morgan fingerprint density at radius 1 is 1.20 bits per heavy atom. The van der Waals surface area contributed by atoms with E-state index in [4.69, 9.17) is 25.9 Å². The van der Waals surface area contributed by atoms with Crippen LogP contribution >= 0.6 is 0 Å². The van der Waals surface area contributed by atoms with Gasteiger partial charge in [-0.2, -0.15) is 0 Å². The summed E-state index contributed by atoms with van der Waals surface area (Å²) in [7, 11) is 0. The Morgan fingerprint density at radius 3 is 1.20 bits per heavy atom. The fraction of sp³-hybridized carbons (Fsp3) is 0. The molecule has 0 saturated heterocycles. The van der Waals surface area contributed by atoms with Crippen LogP contribution in [0.4, 0.5) is 0 Å². The maximum Gasteiger partial charge on any atom is 1.00 e. The van der Waals surface area contributed by atoms with Gasteiger partial charge < -0.3 is 17.5 Å². The van der Waals surface area contributed by atoms with Gasteiger partial charge in [-0.25, -0.2) is 0 Å². The molecule has 0 radical (unpaired) electrons. The van der Waals surface area contributed by atoms with E-state index in [9.17, 15) is 0 Å². The second kappa shape index (κ2) is 17.5. The summed E-state index contributed by atoms with van der Waals surface area (Å²) in [4.78, 5) is 0. The van der Waals surface area contributed by atoms with E-state index in [1.54, 1.807) is 0 Å². The van der Waals surface area contributed by atoms with E-state index in [1.807, 2.05) is 0 Å². The van der Waals surface area contributed by atoms with Crippen molar-refractivity contribution in [3.8, 4) is 0 Å². The summed E-state index contributed by atoms with van der Waals surface area (Å²) in [5, 5.41) is 0. The van der Waals surface area contributed by atoms with Crippen molar-refractivity contribution in [2.24, 2.45) is 0 Å². The van der Waals surface area contributed by atoms with Gasteiger partial charge in [-0.1, -0.05) is 0 Å². The van der Waals surface area contributed by atoms with Crippen molar-refractivity contribution in [2.75, 3.05) is 0 Å². The largest absolute Gasteiger partial charge is 1.00 e. The molecule has 0 aromatic heterocycles. The van der Waals surface area contributed by atoms with Crippen molar-refractivity contribution < 1.29 is 99.8 Å². The predicted molar refractivity (Wildman–Crippen MR) is 11.9 cm³/mol. The van der Waals surface area contributed by atoms with Crippen molar-refractivity contribution in [3.05, 3.63) is 0 Å². The van der Waals surface area contributed by atoms with Crippen LogP contribution in [-0.2, 0) is 11.4 Å². The molecule has 10 heavy (non-hydrogen) atoms. The van der Waals surface area contributed by atoms with Crippen molar-refractivity contribution in [2.45, 2.75) is 0 Å². The molecule has 1 N–H and O–H groups in total. The van der Waals surface area contributed by atoms with E-state index in [0.29, 0.717) is 0 Å². The van der Waals surface area contributed by atoms with Crippen LogP contribution in [0.2, 0.25) is 0 Å². The summed E-state index contributed by atoms with van der Waals surface area (Å²) in [5.74, 6) is 0. The van der Waals surface area contributed by atoms with Crippen LogP contribution in [0.15, 0.2) is 0 Å². The molecule has 0 aliphatic rings. The molecule has 0 rings (SSSR count). The Balaban J connectivity index is -0.0000000300. The van der Waals surface area contributed by atoms with Crippen molar-refractivity contribution in [1.82, 2.24) is 0 Å². The molecule has 52 valence electrons. The summed E-state index contributed by atoms with van der Waals surface area (Å²) in [5.41, 5.74) is 0. The molecule has 0 spiro atoms. The van der Waals surface area contributed by atoms with Crippen molar-refractivity contribution in [3.63, 3.8) is 0 Å². The van der Waals surface area contributed by atoms with Crippen LogP contribution in [0.25, 0.3) is 0 Å². The molecular weight excluding hydrogens is 254 g/mol. The summed E-state index contributed by atoms with van der Waals surface area (Å²) in [6.07, 6.45) is 0. The normalized spacial score (nSPS) is 7.10. The number of halogens is 1. The van der Waals surface area contributed by atoms with Crippen LogP contribution in [-0.4, -0.2) is 17.5 Å². The first-order valence-corrected chi connectivity index (χ1v) is 3.98. The van der Waals surface area contributed by atoms with Crippen LogP contribution in [0.5, 0.6) is 0 Å². The van der Waals surface area contributed by atoms with Gasteiger partial charge >= 0.3 is 73.9 Å². The molecule has 0 amide bonds. The average molecular weight is 255 g/mol. The van der Waals surface area contributed by atoms with Gasteiger partial charge in [-0.15, -0.1) is 11.4 Å². The van der Waals surface area contributed by atoms with E-state index >= 15 is 0 Å². The molecule has 0 aliphatic carbocycles. The van der Waals surface area contributed by atoms with Crippen LogP contribution in [0.1, 0.15) is 0 Å². The predicted octanol–water partition coefficient (Wildman–Crippen LogP) is -9.93. The first kappa shape index (κ1) is 22.9. The van der Waals surface area contributed by atoms with Crippen molar-refractivity contribution in [1.29, 1.82) is 0 Å². The van der Waals surface area contributed by atoms with E-state index in [2.05, 4.69) is 0 Å². The first-order valence-electron chi connectivity index (χ1n) is 0.978. The summed E-state index contributed by atoms with van der Waals surface area (Å²) < 4.78 is 49.6. The van der Waals surface area contributed by atoms with Gasteiger partial charge in [0.1, 0.15) is 0 Å². The van der Waals surface area contributed by atoms with Gasteiger partial charge in [0.25, 0.3) is 0 Å². The SMILES string of the molecule is O=S([O-])[O-].[Na+].[Na+].[O-][Br+2]([O-])O. The van der Waals surface area contributed by atoms with E-state index in [-0.39, 0.29) is 59.1 Å². The zero-order valence-corrected chi connectivity index (χ0v) is 11.7. The Hall–Kier alpha value is 2.43. The van der Waals surface area contributed by atoms with Gasteiger partial charge in [0.2, 0.25) is 0 Å². The molecule has 0 bridgehead atoms. The van der Waals surface area contributed by atoms with E-state index in [1.165, 1.54) is 0 Å².